The van der Waals surface area contributed by atoms with E-state index in [0.29, 0.717) is 5.69 Å². The summed E-state index contributed by atoms with van der Waals surface area (Å²) in [5, 5.41) is 12.8. The van der Waals surface area contributed by atoms with Crippen LogP contribution >= 0.6 is 0 Å². The van der Waals surface area contributed by atoms with E-state index in [1.54, 1.807) is 6.07 Å². The average molecular weight is 366 g/mol. The number of nitrogens with zero attached hydrogens (tertiary/aromatic N) is 1. The van der Waals surface area contributed by atoms with Crippen molar-refractivity contribution < 1.29 is 22.7 Å². The van der Waals surface area contributed by atoms with Gasteiger partial charge in [0.05, 0.1) is 22.5 Å². The summed E-state index contributed by atoms with van der Waals surface area (Å²) < 4.78 is 37.6. The first-order valence-electron chi connectivity index (χ1n) is 7.47. The molecular weight excluding hydrogens is 347 g/mol. The van der Waals surface area contributed by atoms with E-state index in [4.69, 9.17) is 0 Å². The van der Waals surface area contributed by atoms with E-state index in [-0.39, 0.29) is 4.90 Å². The Morgan fingerprint density at radius 1 is 1.28 bits per heavy atom. The first-order chi connectivity index (χ1) is 11.5. The lowest BCUT2D eigenvalue weighted by Gasteiger charge is -2.22. The Bertz CT molecular complexity index is 893. The van der Waals surface area contributed by atoms with Gasteiger partial charge in [0.1, 0.15) is 5.82 Å². The standard InChI is InChI=1S/C17H19FN2O4S/c1-11-8-14(9-19-12(11)2)20-16(21)17(3,22)10-25(23,24)15-6-4-13(18)5-7-15/h4-9,22H,10H2,1-3H3,(H,20,21). The molecule has 0 bridgehead atoms. The Hall–Kier alpha value is -2.32. The Labute approximate surface area is 145 Å². The van der Waals surface area contributed by atoms with Gasteiger partial charge in [0.15, 0.2) is 15.4 Å². The van der Waals surface area contributed by atoms with Crippen molar-refractivity contribution in [3.8, 4) is 0 Å². The first kappa shape index (κ1) is 19.0. The van der Waals surface area contributed by atoms with Gasteiger partial charge in [0.25, 0.3) is 5.91 Å². The molecule has 0 aliphatic carbocycles. The first-order valence-corrected chi connectivity index (χ1v) is 9.12. The number of amides is 1. The van der Waals surface area contributed by atoms with Crippen LogP contribution in [-0.2, 0) is 14.6 Å². The van der Waals surface area contributed by atoms with Crippen molar-refractivity contribution in [2.75, 3.05) is 11.1 Å². The summed E-state index contributed by atoms with van der Waals surface area (Å²) in [7, 11) is -3.98. The lowest BCUT2D eigenvalue weighted by atomic mass is 10.1. The molecule has 0 fully saturated rings. The Morgan fingerprint density at radius 3 is 2.44 bits per heavy atom. The maximum absolute atomic E-state index is 12.9. The van der Waals surface area contributed by atoms with Crippen molar-refractivity contribution in [1.29, 1.82) is 0 Å². The number of benzene rings is 1. The maximum Gasteiger partial charge on any atom is 0.257 e. The molecule has 0 spiro atoms. The van der Waals surface area contributed by atoms with Gasteiger partial charge >= 0.3 is 0 Å². The minimum Gasteiger partial charge on any atom is -0.379 e. The van der Waals surface area contributed by atoms with Crippen LogP contribution in [-0.4, -0.2) is 35.8 Å². The fourth-order valence-electron chi connectivity index (χ4n) is 2.14. The summed E-state index contributed by atoms with van der Waals surface area (Å²) in [4.78, 5) is 16.2. The molecule has 6 nitrogen and oxygen atoms in total. The third-order valence-electron chi connectivity index (χ3n) is 3.73. The van der Waals surface area contributed by atoms with Crippen molar-refractivity contribution in [2.24, 2.45) is 0 Å². The predicted octanol–water partition coefficient (Wildman–Crippen LogP) is 2.00. The summed E-state index contributed by atoms with van der Waals surface area (Å²) in [5.74, 6) is -2.29. The molecule has 1 aromatic carbocycles. The summed E-state index contributed by atoms with van der Waals surface area (Å²) in [5.41, 5.74) is -0.181. The van der Waals surface area contributed by atoms with Gasteiger partial charge < -0.3 is 10.4 Å². The van der Waals surface area contributed by atoms with E-state index < -0.39 is 32.9 Å². The summed E-state index contributed by atoms with van der Waals surface area (Å²) in [6.07, 6.45) is 1.42. The molecule has 1 heterocycles. The maximum atomic E-state index is 12.9. The zero-order chi connectivity index (χ0) is 18.8. The third-order valence-corrected chi connectivity index (χ3v) is 5.66. The Balaban J connectivity index is 2.17. The molecule has 0 aliphatic rings. The molecule has 2 rings (SSSR count). The second kappa shape index (κ2) is 6.89. The SMILES string of the molecule is Cc1cc(NC(=O)C(C)(O)CS(=O)(=O)c2ccc(F)cc2)cnc1C. The minimum atomic E-state index is -3.98. The van der Waals surface area contributed by atoms with Crippen LogP contribution < -0.4 is 5.32 Å². The lowest BCUT2D eigenvalue weighted by Crippen LogP contribution is -2.45. The molecule has 0 saturated heterocycles. The smallest absolute Gasteiger partial charge is 0.257 e. The van der Waals surface area contributed by atoms with Gasteiger partial charge in [-0.1, -0.05) is 0 Å². The van der Waals surface area contributed by atoms with Crippen LogP contribution in [0.3, 0.4) is 0 Å². The number of aliphatic hydroxyl groups is 1. The van der Waals surface area contributed by atoms with Gasteiger partial charge in [-0.25, -0.2) is 12.8 Å². The number of aromatic nitrogens is 1. The molecule has 8 heteroatoms. The normalized spacial score (nSPS) is 14.0. The number of halogens is 1. The number of carbonyl (C=O) groups excluding carboxylic acids is 1. The molecular formula is C17H19FN2O4S. The molecule has 1 aromatic heterocycles. The second-order valence-corrected chi connectivity index (χ2v) is 8.06. The molecule has 25 heavy (non-hydrogen) atoms. The molecule has 1 atom stereocenters. The summed E-state index contributed by atoms with van der Waals surface area (Å²) in [6, 6.07) is 5.85. The number of pyridine rings is 1. The summed E-state index contributed by atoms with van der Waals surface area (Å²) in [6.45, 7) is 4.74. The molecule has 1 amide bonds. The number of nitrogens with one attached hydrogen (secondary N) is 1. The van der Waals surface area contributed by atoms with Gasteiger partial charge in [-0.05, 0) is 56.7 Å². The average Bonchev–Trinajstić information content (AvgIpc) is 2.50. The fourth-order valence-corrected chi connectivity index (χ4v) is 3.73. The number of anilines is 1. The van der Waals surface area contributed by atoms with Crippen LogP contribution in [0.1, 0.15) is 18.2 Å². The van der Waals surface area contributed by atoms with E-state index in [9.17, 15) is 22.7 Å². The second-order valence-electron chi connectivity index (χ2n) is 6.07. The highest BCUT2D eigenvalue weighted by atomic mass is 32.2. The van der Waals surface area contributed by atoms with Crippen molar-refractivity contribution in [3.63, 3.8) is 0 Å². The lowest BCUT2D eigenvalue weighted by molar-refractivity contribution is -0.130. The van der Waals surface area contributed by atoms with Crippen molar-refractivity contribution >= 4 is 21.4 Å². The van der Waals surface area contributed by atoms with Crippen molar-refractivity contribution in [3.05, 3.63) is 53.6 Å². The van der Waals surface area contributed by atoms with Crippen LogP contribution in [0.5, 0.6) is 0 Å². The monoisotopic (exact) mass is 366 g/mol. The molecule has 0 saturated carbocycles. The zero-order valence-corrected chi connectivity index (χ0v) is 14.9. The third kappa shape index (κ3) is 4.61. The predicted molar refractivity (Wildman–Crippen MR) is 91.4 cm³/mol. The van der Waals surface area contributed by atoms with Crippen LogP contribution in [0.4, 0.5) is 10.1 Å². The van der Waals surface area contributed by atoms with Gasteiger partial charge in [-0.3, -0.25) is 9.78 Å². The number of hydrogen-bond donors (Lipinski definition) is 2. The minimum absolute atomic E-state index is 0.171. The Kier molecular flexibility index (Phi) is 5.24. The van der Waals surface area contributed by atoms with E-state index in [1.165, 1.54) is 6.20 Å². The fraction of sp³-hybridized carbons (Fsp3) is 0.294. The molecule has 2 aromatic rings. The number of sulfone groups is 1. The molecule has 0 radical (unpaired) electrons. The van der Waals surface area contributed by atoms with E-state index in [1.807, 2.05) is 13.8 Å². The van der Waals surface area contributed by atoms with Crippen LogP contribution in [0, 0.1) is 19.7 Å². The zero-order valence-electron chi connectivity index (χ0n) is 14.1. The highest BCUT2D eigenvalue weighted by Crippen LogP contribution is 2.19. The highest BCUT2D eigenvalue weighted by molar-refractivity contribution is 7.91. The molecule has 2 N–H and O–H groups in total. The Morgan fingerprint density at radius 2 is 1.88 bits per heavy atom. The summed E-state index contributed by atoms with van der Waals surface area (Å²) >= 11 is 0. The quantitative estimate of drug-likeness (QED) is 0.789. The van der Waals surface area contributed by atoms with Crippen molar-refractivity contribution in [2.45, 2.75) is 31.3 Å². The number of carbonyl (C=O) groups is 1. The van der Waals surface area contributed by atoms with Gasteiger partial charge in [-0.15, -0.1) is 0 Å². The molecule has 134 valence electrons. The highest BCUT2D eigenvalue weighted by Gasteiger charge is 2.36. The largest absolute Gasteiger partial charge is 0.379 e. The number of aryl methyl sites for hydroxylation is 2. The van der Waals surface area contributed by atoms with Gasteiger partial charge in [0.2, 0.25) is 0 Å². The topological polar surface area (TPSA) is 96.4 Å². The van der Waals surface area contributed by atoms with Crippen LogP contribution in [0.15, 0.2) is 41.4 Å². The van der Waals surface area contributed by atoms with Crippen molar-refractivity contribution in [1.82, 2.24) is 4.98 Å². The number of hydrogen-bond acceptors (Lipinski definition) is 5. The van der Waals surface area contributed by atoms with Gasteiger partial charge in [0, 0.05) is 5.69 Å². The van der Waals surface area contributed by atoms with Gasteiger partial charge in [-0.2, -0.15) is 0 Å². The van der Waals surface area contributed by atoms with Crippen LogP contribution in [0.2, 0.25) is 0 Å². The van der Waals surface area contributed by atoms with E-state index in [0.717, 1.165) is 42.4 Å². The molecule has 1 unspecified atom stereocenters. The molecule has 0 aliphatic heterocycles. The van der Waals surface area contributed by atoms with E-state index >= 15 is 0 Å². The van der Waals surface area contributed by atoms with E-state index in [2.05, 4.69) is 10.3 Å². The number of rotatable bonds is 5. The van der Waals surface area contributed by atoms with Crippen LogP contribution in [0.25, 0.3) is 0 Å².